The number of thiazole rings is 1. The number of halogens is 1. The maximum atomic E-state index is 4.65. The molecule has 1 aliphatic rings. The van der Waals surface area contributed by atoms with Crippen molar-refractivity contribution >= 4 is 41.3 Å². The molecular weight excluding hydrogens is 443 g/mol. The van der Waals surface area contributed by atoms with E-state index in [4.69, 9.17) is 0 Å². The molecule has 2 aromatic rings. The predicted octanol–water partition coefficient (Wildman–Crippen LogP) is 4.35. The van der Waals surface area contributed by atoms with Crippen LogP contribution in [0, 0.1) is 5.92 Å². The molecule has 1 aromatic heterocycles. The second-order valence-corrected chi connectivity index (χ2v) is 7.58. The number of hydrogen-bond donors (Lipinski definition) is 2. The van der Waals surface area contributed by atoms with Gasteiger partial charge in [0, 0.05) is 19.0 Å². The first-order valence-corrected chi connectivity index (χ1v) is 9.49. The number of nitrogens with zero attached hydrogens (tertiary/aromatic N) is 2. The van der Waals surface area contributed by atoms with E-state index in [1.54, 1.807) is 11.3 Å². The molecule has 1 saturated carbocycles. The summed E-state index contributed by atoms with van der Waals surface area (Å²) in [6.45, 7) is 6.04. The molecule has 2 N–H and O–H groups in total. The van der Waals surface area contributed by atoms with Crippen molar-refractivity contribution in [1.29, 1.82) is 0 Å². The van der Waals surface area contributed by atoms with Gasteiger partial charge >= 0.3 is 0 Å². The fourth-order valence-electron chi connectivity index (χ4n) is 2.86. The number of nitrogens with one attached hydrogen (secondary N) is 2. The Morgan fingerprint density at radius 3 is 2.68 bits per heavy atom. The summed E-state index contributed by atoms with van der Waals surface area (Å²) in [6, 6.07) is 10.8. The van der Waals surface area contributed by atoms with Crippen molar-refractivity contribution in [1.82, 2.24) is 15.6 Å². The Balaban J connectivity index is 0.00000225. The molecule has 0 amide bonds. The van der Waals surface area contributed by atoms with E-state index >= 15 is 0 Å². The van der Waals surface area contributed by atoms with Crippen LogP contribution in [0.5, 0.6) is 0 Å². The molecule has 6 heteroatoms. The van der Waals surface area contributed by atoms with Crippen molar-refractivity contribution in [2.24, 2.45) is 10.9 Å². The number of guanidine groups is 1. The van der Waals surface area contributed by atoms with Crippen molar-refractivity contribution < 1.29 is 0 Å². The van der Waals surface area contributed by atoms with Crippen LogP contribution in [-0.2, 0) is 6.54 Å². The Hall–Kier alpha value is -1.15. The summed E-state index contributed by atoms with van der Waals surface area (Å²) in [5, 5.41) is 10.1. The molecule has 1 fully saturated rings. The van der Waals surface area contributed by atoms with E-state index in [0.717, 1.165) is 24.1 Å². The quantitative estimate of drug-likeness (QED) is 0.375. The average molecular weight is 470 g/mol. The minimum atomic E-state index is 0. The van der Waals surface area contributed by atoms with E-state index < -0.39 is 0 Å². The molecule has 0 aliphatic heterocycles. The Morgan fingerprint density at radius 1 is 1.28 bits per heavy atom. The summed E-state index contributed by atoms with van der Waals surface area (Å²) >= 11 is 1.71. The van der Waals surface area contributed by atoms with Crippen LogP contribution in [0.15, 0.2) is 40.7 Å². The van der Waals surface area contributed by atoms with E-state index in [1.807, 2.05) is 7.05 Å². The van der Waals surface area contributed by atoms with Gasteiger partial charge in [-0.25, -0.2) is 4.98 Å². The van der Waals surface area contributed by atoms with Gasteiger partial charge in [-0.3, -0.25) is 4.99 Å². The molecule has 0 spiro atoms. The summed E-state index contributed by atoms with van der Waals surface area (Å²) in [7, 11) is 1.82. The Morgan fingerprint density at radius 2 is 2.04 bits per heavy atom. The third kappa shape index (κ3) is 5.67. The van der Waals surface area contributed by atoms with Gasteiger partial charge < -0.3 is 10.6 Å². The molecule has 0 bridgehead atoms. The van der Waals surface area contributed by atoms with Gasteiger partial charge in [-0.05, 0) is 29.7 Å². The van der Waals surface area contributed by atoms with Gasteiger partial charge in [-0.2, -0.15) is 0 Å². The fraction of sp³-hybridized carbons (Fsp3) is 0.474. The van der Waals surface area contributed by atoms with Crippen LogP contribution in [-0.4, -0.2) is 24.5 Å². The van der Waals surface area contributed by atoms with Gasteiger partial charge in [0.15, 0.2) is 5.96 Å². The number of aliphatic imine (C=N–C) groups is 1. The van der Waals surface area contributed by atoms with Gasteiger partial charge in [0.2, 0.25) is 0 Å². The Kier molecular flexibility index (Phi) is 7.68. The summed E-state index contributed by atoms with van der Waals surface area (Å²) in [4.78, 5) is 8.96. The van der Waals surface area contributed by atoms with Crippen molar-refractivity contribution in [3.8, 4) is 0 Å². The lowest BCUT2D eigenvalue weighted by atomic mass is 10.1. The highest BCUT2D eigenvalue weighted by Gasteiger charge is 2.37. The van der Waals surface area contributed by atoms with E-state index in [-0.39, 0.29) is 24.0 Å². The summed E-state index contributed by atoms with van der Waals surface area (Å²) in [5.41, 5.74) is 2.62. The standard InChI is InChI=1S/C19H26N4S.HI/c1-13(2)17-12-24-18(23-17)11-22-19(20-3)21-10-15-9-16(15)14-7-5-4-6-8-14;/h4-8,12-13,15-16H,9-11H2,1-3H3,(H2,20,21,22);1H. The van der Waals surface area contributed by atoms with Crippen molar-refractivity contribution in [2.45, 2.75) is 38.6 Å². The zero-order chi connectivity index (χ0) is 16.9. The maximum absolute atomic E-state index is 4.65. The normalized spacial score (nSPS) is 19.4. The van der Waals surface area contributed by atoms with Crippen LogP contribution >= 0.6 is 35.3 Å². The first kappa shape index (κ1) is 20.2. The lowest BCUT2D eigenvalue weighted by Gasteiger charge is -2.10. The predicted molar refractivity (Wildman–Crippen MR) is 117 cm³/mol. The minimum Gasteiger partial charge on any atom is -0.356 e. The van der Waals surface area contributed by atoms with Crippen LogP contribution in [0.25, 0.3) is 0 Å². The highest BCUT2D eigenvalue weighted by molar-refractivity contribution is 14.0. The highest BCUT2D eigenvalue weighted by Crippen LogP contribution is 2.46. The van der Waals surface area contributed by atoms with Crippen molar-refractivity contribution in [3.05, 3.63) is 52.0 Å². The molecule has 1 heterocycles. The van der Waals surface area contributed by atoms with E-state index in [9.17, 15) is 0 Å². The van der Waals surface area contributed by atoms with Crippen molar-refractivity contribution in [2.75, 3.05) is 13.6 Å². The summed E-state index contributed by atoms with van der Waals surface area (Å²) in [6.07, 6.45) is 1.26. The topological polar surface area (TPSA) is 49.3 Å². The lowest BCUT2D eigenvalue weighted by molar-refractivity contribution is 0.717. The largest absolute Gasteiger partial charge is 0.356 e. The number of benzene rings is 1. The van der Waals surface area contributed by atoms with Gasteiger partial charge in [0.05, 0.1) is 12.2 Å². The molecule has 136 valence electrons. The van der Waals surface area contributed by atoms with Crippen LogP contribution < -0.4 is 10.6 Å². The second-order valence-electron chi connectivity index (χ2n) is 6.64. The average Bonchev–Trinajstić information content (AvgIpc) is 3.22. The van der Waals surface area contributed by atoms with Crippen LogP contribution in [0.4, 0.5) is 0 Å². The van der Waals surface area contributed by atoms with E-state index in [1.165, 1.54) is 17.7 Å². The van der Waals surface area contributed by atoms with Gasteiger partial charge in [0.25, 0.3) is 0 Å². The Bertz CT molecular complexity index is 684. The zero-order valence-corrected chi connectivity index (χ0v) is 18.2. The van der Waals surface area contributed by atoms with Crippen LogP contribution in [0.2, 0.25) is 0 Å². The van der Waals surface area contributed by atoms with Crippen LogP contribution in [0.1, 0.15) is 48.4 Å². The van der Waals surface area contributed by atoms with E-state index in [2.05, 4.69) is 70.2 Å². The van der Waals surface area contributed by atoms with Gasteiger partial charge in [0.1, 0.15) is 5.01 Å². The second kappa shape index (κ2) is 9.52. The molecule has 2 unspecified atom stereocenters. The fourth-order valence-corrected chi connectivity index (χ4v) is 3.76. The third-order valence-electron chi connectivity index (χ3n) is 4.47. The molecule has 25 heavy (non-hydrogen) atoms. The van der Waals surface area contributed by atoms with Gasteiger partial charge in [-0.1, -0.05) is 44.2 Å². The lowest BCUT2D eigenvalue weighted by Crippen LogP contribution is -2.38. The zero-order valence-electron chi connectivity index (χ0n) is 15.0. The van der Waals surface area contributed by atoms with Crippen molar-refractivity contribution in [3.63, 3.8) is 0 Å². The molecule has 1 aromatic carbocycles. The molecule has 2 atom stereocenters. The smallest absolute Gasteiger partial charge is 0.191 e. The number of rotatable bonds is 6. The molecule has 3 rings (SSSR count). The summed E-state index contributed by atoms with van der Waals surface area (Å²) < 4.78 is 0. The third-order valence-corrected chi connectivity index (χ3v) is 5.34. The SMILES string of the molecule is CN=C(NCc1nc(C(C)C)cs1)NCC1CC1c1ccccc1.I. The first-order valence-electron chi connectivity index (χ1n) is 8.61. The number of hydrogen-bond acceptors (Lipinski definition) is 3. The molecule has 4 nitrogen and oxygen atoms in total. The van der Waals surface area contributed by atoms with E-state index in [0.29, 0.717) is 17.8 Å². The summed E-state index contributed by atoms with van der Waals surface area (Å²) in [5.74, 6) is 2.75. The maximum Gasteiger partial charge on any atom is 0.191 e. The highest BCUT2D eigenvalue weighted by atomic mass is 127. The molecular formula is C19H27IN4S. The molecule has 1 aliphatic carbocycles. The van der Waals surface area contributed by atoms with Gasteiger partial charge in [-0.15, -0.1) is 35.3 Å². The molecule has 0 saturated heterocycles. The van der Waals surface area contributed by atoms with Crippen LogP contribution in [0.3, 0.4) is 0 Å². The Labute approximate surface area is 171 Å². The number of aromatic nitrogens is 1. The molecule has 0 radical (unpaired) electrons. The first-order chi connectivity index (χ1) is 11.7. The minimum absolute atomic E-state index is 0. The monoisotopic (exact) mass is 470 g/mol.